The lowest BCUT2D eigenvalue weighted by Gasteiger charge is -2.17. The minimum atomic E-state index is -0.145. The average molecular weight is 320 g/mol. The Labute approximate surface area is 137 Å². The minimum absolute atomic E-state index is 0.0416. The molecular weight excluding hydrogens is 296 g/mol. The van der Waals surface area contributed by atoms with E-state index in [2.05, 4.69) is 34.9 Å². The molecule has 1 aromatic carbocycles. The highest BCUT2D eigenvalue weighted by atomic mass is 32.1. The summed E-state index contributed by atoms with van der Waals surface area (Å²) in [6, 6.07) is 8.73. The quantitative estimate of drug-likeness (QED) is 0.479. The van der Waals surface area contributed by atoms with E-state index in [-0.39, 0.29) is 17.9 Å². The third kappa shape index (κ3) is 4.44. The number of hydrogen-bond donors (Lipinski definition) is 2. The highest BCUT2D eigenvalue weighted by Gasteiger charge is 2.22. The lowest BCUT2D eigenvalue weighted by molar-refractivity contribution is -0.147. The fraction of sp³-hybridized carbons (Fsp3) is 0.529. The van der Waals surface area contributed by atoms with Gasteiger partial charge in [-0.15, -0.1) is 0 Å². The Balaban J connectivity index is 1.68. The van der Waals surface area contributed by atoms with Crippen LogP contribution in [0.1, 0.15) is 43.9 Å². The Morgan fingerprint density at radius 1 is 1.45 bits per heavy atom. The second-order valence-corrected chi connectivity index (χ2v) is 6.08. The van der Waals surface area contributed by atoms with Gasteiger partial charge in [0.05, 0.1) is 18.5 Å². The summed E-state index contributed by atoms with van der Waals surface area (Å²) < 4.78 is 5.18. The van der Waals surface area contributed by atoms with E-state index in [1.54, 1.807) is 0 Å². The molecular formula is C17H24N2O2S. The van der Waals surface area contributed by atoms with Gasteiger partial charge in [0.2, 0.25) is 0 Å². The van der Waals surface area contributed by atoms with Crippen LogP contribution < -0.4 is 10.6 Å². The molecule has 2 rings (SSSR count). The maximum Gasteiger partial charge on any atom is 0.308 e. The smallest absolute Gasteiger partial charge is 0.308 e. The maximum atomic E-state index is 11.5. The minimum Gasteiger partial charge on any atom is -0.464 e. The van der Waals surface area contributed by atoms with E-state index >= 15 is 0 Å². The van der Waals surface area contributed by atoms with Crippen LogP contribution in [0.5, 0.6) is 0 Å². The van der Waals surface area contributed by atoms with Gasteiger partial charge in [0.15, 0.2) is 5.11 Å². The first kappa shape index (κ1) is 16.7. The fourth-order valence-corrected chi connectivity index (χ4v) is 2.79. The Morgan fingerprint density at radius 3 is 3.00 bits per heavy atom. The van der Waals surface area contributed by atoms with Gasteiger partial charge in [0, 0.05) is 0 Å². The number of nitrogens with one attached hydrogen (secondary N) is 2. The number of carbonyl (C=O) groups is 1. The molecule has 0 radical (unpaired) electrons. The summed E-state index contributed by atoms with van der Waals surface area (Å²) in [6.45, 7) is 4.72. The number of aryl methyl sites for hydroxylation is 1. The van der Waals surface area contributed by atoms with E-state index in [4.69, 9.17) is 17.0 Å². The molecule has 120 valence electrons. The monoisotopic (exact) mass is 320 g/mol. The first-order chi connectivity index (χ1) is 10.6. The molecule has 0 saturated carbocycles. The van der Waals surface area contributed by atoms with Crippen LogP contribution in [0.25, 0.3) is 0 Å². The molecule has 0 aromatic heterocycles. The van der Waals surface area contributed by atoms with Crippen molar-refractivity contribution in [3.8, 4) is 0 Å². The molecule has 0 fully saturated rings. The SMILES string of the molecule is CCC(C)C(=O)OCCNC(=S)NC1CCc2ccccc21. The number of carbonyl (C=O) groups excluding carboxylic acids is 1. The van der Waals surface area contributed by atoms with Crippen molar-refractivity contribution in [2.75, 3.05) is 13.2 Å². The molecule has 2 unspecified atom stereocenters. The van der Waals surface area contributed by atoms with Crippen molar-refractivity contribution >= 4 is 23.3 Å². The van der Waals surface area contributed by atoms with Crippen LogP contribution in [0.4, 0.5) is 0 Å². The van der Waals surface area contributed by atoms with Gasteiger partial charge in [0.1, 0.15) is 6.61 Å². The Morgan fingerprint density at radius 2 is 2.23 bits per heavy atom. The lowest BCUT2D eigenvalue weighted by Crippen LogP contribution is -2.39. The lowest BCUT2D eigenvalue weighted by atomic mass is 10.1. The number of fused-ring (bicyclic) bond motifs is 1. The molecule has 5 heteroatoms. The highest BCUT2D eigenvalue weighted by molar-refractivity contribution is 7.80. The van der Waals surface area contributed by atoms with Gasteiger partial charge in [-0.1, -0.05) is 38.1 Å². The summed E-state index contributed by atoms with van der Waals surface area (Å²) in [5.74, 6) is -0.187. The van der Waals surface area contributed by atoms with E-state index in [9.17, 15) is 4.79 Å². The van der Waals surface area contributed by atoms with Gasteiger partial charge in [-0.05, 0) is 42.6 Å². The summed E-state index contributed by atoms with van der Waals surface area (Å²) in [5, 5.41) is 7.05. The second kappa shape index (κ2) is 8.13. The van der Waals surface area contributed by atoms with E-state index in [0.29, 0.717) is 18.3 Å². The van der Waals surface area contributed by atoms with Crippen LogP contribution in [0, 0.1) is 5.92 Å². The van der Waals surface area contributed by atoms with Crippen LogP contribution in [-0.4, -0.2) is 24.2 Å². The summed E-state index contributed by atoms with van der Waals surface area (Å²) in [5.41, 5.74) is 2.72. The summed E-state index contributed by atoms with van der Waals surface area (Å²) >= 11 is 5.31. The van der Waals surface area contributed by atoms with Crippen LogP contribution in [0.15, 0.2) is 24.3 Å². The molecule has 0 bridgehead atoms. The van der Waals surface area contributed by atoms with E-state index in [1.807, 2.05) is 13.8 Å². The molecule has 1 aromatic rings. The van der Waals surface area contributed by atoms with Gasteiger partial charge in [-0.2, -0.15) is 0 Å². The number of thiocarbonyl (C=S) groups is 1. The van der Waals surface area contributed by atoms with Crippen molar-refractivity contribution in [3.05, 3.63) is 35.4 Å². The molecule has 2 atom stereocenters. The summed E-state index contributed by atoms with van der Waals surface area (Å²) in [6.07, 6.45) is 2.94. The van der Waals surface area contributed by atoms with Gasteiger partial charge in [-0.3, -0.25) is 4.79 Å². The molecule has 1 aliphatic carbocycles. The standard InChI is InChI=1S/C17H24N2O2S/c1-3-12(2)16(20)21-11-10-18-17(22)19-15-9-8-13-6-4-5-7-14(13)15/h4-7,12,15H,3,8-11H2,1-2H3,(H2,18,19,22). The summed E-state index contributed by atoms with van der Waals surface area (Å²) in [4.78, 5) is 11.5. The third-order valence-electron chi connectivity index (χ3n) is 4.08. The zero-order chi connectivity index (χ0) is 15.9. The average Bonchev–Trinajstić information content (AvgIpc) is 2.93. The van der Waals surface area contributed by atoms with Crippen LogP contribution in [0.3, 0.4) is 0 Å². The Kier molecular flexibility index (Phi) is 6.19. The van der Waals surface area contributed by atoms with Crippen molar-refractivity contribution in [1.82, 2.24) is 10.6 Å². The predicted molar refractivity (Wildman–Crippen MR) is 91.7 cm³/mol. The normalized spacial score (nSPS) is 17.5. The van der Waals surface area contributed by atoms with Gasteiger partial charge < -0.3 is 15.4 Å². The molecule has 2 N–H and O–H groups in total. The van der Waals surface area contributed by atoms with Crippen molar-refractivity contribution in [1.29, 1.82) is 0 Å². The Hall–Kier alpha value is -1.62. The van der Waals surface area contributed by atoms with Crippen molar-refractivity contribution in [3.63, 3.8) is 0 Å². The van der Waals surface area contributed by atoms with E-state index in [1.165, 1.54) is 11.1 Å². The first-order valence-corrected chi connectivity index (χ1v) is 8.31. The molecule has 4 nitrogen and oxygen atoms in total. The van der Waals surface area contributed by atoms with Crippen LogP contribution in [-0.2, 0) is 16.0 Å². The molecule has 1 aliphatic rings. The topological polar surface area (TPSA) is 50.4 Å². The van der Waals surface area contributed by atoms with E-state index < -0.39 is 0 Å². The van der Waals surface area contributed by atoms with Crippen molar-refractivity contribution in [2.45, 2.75) is 39.2 Å². The largest absolute Gasteiger partial charge is 0.464 e. The molecule has 0 heterocycles. The fourth-order valence-electron chi connectivity index (χ4n) is 2.54. The van der Waals surface area contributed by atoms with Crippen LogP contribution in [0.2, 0.25) is 0 Å². The zero-order valence-electron chi connectivity index (χ0n) is 13.2. The predicted octanol–water partition coefficient (Wildman–Crippen LogP) is 2.73. The molecule has 22 heavy (non-hydrogen) atoms. The number of hydrogen-bond acceptors (Lipinski definition) is 3. The third-order valence-corrected chi connectivity index (χ3v) is 4.35. The van der Waals surface area contributed by atoms with Crippen molar-refractivity contribution in [2.24, 2.45) is 5.92 Å². The molecule has 0 saturated heterocycles. The number of esters is 1. The molecule has 0 spiro atoms. The maximum absolute atomic E-state index is 11.5. The molecule has 0 aliphatic heterocycles. The number of rotatable bonds is 6. The van der Waals surface area contributed by atoms with Crippen LogP contribution >= 0.6 is 12.2 Å². The number of ether oxygens (including phenoxy) is 1. The van der Waals surface area contributed by atoms with Gasteiger partial charge >= 0.3 is 5.97 Å². The Bertz CT molecular complexity index is 533. The second-order valence-electron chi connectivity index (χ2n) is 5.67. The van der Waals surface area contributed by atoms with Gasteiger partial charge in [0.25, 0.3) is 0 Å². The zero-order valence-corrected chi connectivity index (χ0v) is 14.0. The first-order valence-electron chi connectivity index (χ1n) is 7.90. The molecule has 0 amide bonds. The van der Waals surface area contributed by atoms with Crippen molar-refractivity contribution < 1.29 is 9.53 Å². The highest BCUT2D eigenvalue weighted by Crippen LogP contribution is 2.30. The van der Waals surface area contributed by atoms with Gasteiger partial charge in [-0.25, -0.2) is 0 Å². The summed E-state index contributed by atoms with van der Waals surface area (Å²) in [7, 11) is 0. The van der Waals surface area contributed by atoms with E-state index in [0.717, 1.165) is 19.3 Å². The number of benzene rings is 1.